The topological polar surface area (TPSA) is 121 Å². The van der Waals surface area contributed by atoms with Gasteiger partial charge in [0.05, 0.1) is 6.04 Å². The van der Waals surface area contributed by atoms with Gasteiger partial charge in [0.1, 0.15) is 11.6 Å². The van der Waals surface area contributed by atoms with Crippen LogP contribution in [0.4, 0.5) is 9.59 Å². The minimum atomic E-state index is -0.510. The second-order valence-corrected chi connectivity index (χ2v) is 9.20. The van der Waals surface area contributed by atoms with Gasteiger partial charge < -0.3 is 19.4 Å². The summed E-state index contributed by atoms with van der Waals surface area (Å²) in [4.78, 5) is 25.7. The van der Waals surface area contributed by atoms with E-state index < -0.39 is 11.6 Å². The predicted molar refractivity (Wildman–Crippen MR) is 100 cm³/mol. The largest absolute Gasteiger partial charge is 0.444 e. The Kier molecular flexibility index (Phi) is 5.14. The third-order valence-electron chi connectivity index (χ3n) is 5.88. The van der Waals surface area contributed by atoms with E-state index in [1.54, 1.807) is 4.90 Å². The van der Waals surface area contributed by atoms with E-state index in [9.17, 15) is 14.8 Å². The fourth-order valence-electron chi connectivity index (χ4n) is 4.41. The van der Waals surface area contributed by atoms with Crippen LogP contribution in [0.25, 0.3) is 0 Å². The first-order valence-electron chi connectivity index (χ1n) is 10.3. The number of aromatic nitrogens is 2. The molecule has 1 aromatic heterocycles. The first-order valence-corrected chi connectivity index (χ1v) is 10.3. The number of hydrogen-bond acceptors (Lipinski definition) is 7. The zero-order valence-corrected chi connectivity index (χ0v) is 17.1. The third kappa shape index (κ3) is 4.17. The van der Waals surface area contributed by atoms with Crippen molar-refractivity contribution in [3.05, 3.63) is 11.8 Å². The van der Waals surface area contributed by atoms with E-state index in [-0.39, 0.29) is 30.1 Å². The molecule has 29 heavy (non-hydrogen) atoms. The van der Waals surface area contributed by atoms with Gasteiger partial charge in [-0.1, -0.05) is 0 Å². The molecule has 2 N–H and O–H groups in total. The molecule has 0 spiro atoms. The van der Waals surface area contributed by atoms with Crippen LogP contribution in [0.3, 0.4) is 0 Å². The van der Waals surface area contributed by atoms with E-state index in [0.717, 1.165) is 30.7 Å². The number of fused-ring (bicyclic) bond motifs is 2. The zero-order chi connectivity index (χ0) is 20.8. The molecule has 0 aromatic carbocycles. The SMILES string of the molecule is CC(C)(C)OC(=O)N[C@H]1CC[C@@H](c2nnc([C@@H]3CC[C@H]4CN3C(=O)N4O)o2)CC1. The van der Waals surface area contributed by atoms with Crippen LogP contribution in [0, 0.1) is 0 Å². The molecule has 10 heteroatoms. The smallest absolute Gasteiger partial charge is 0.407 e. The molecule has 3 fully saturated rings. The van der Waals surface area contributed by atoms with E-state index >= 15 is 0 Å². The van der Waals surface area contributed by atoms with E-state index in [1.807, 2.05) is 20.8 Å². The molecule has 10 nitrogen and oxygen atoms in total. The number of hydroxylamine groups is 2. The Morgan fingerprint density at radius 2 is 1.83 bits per heavy atom. The van der Waals surface area contributed by atoms with Gasteiger partial charge in [-0.15, -0.1) is 10.2 Å². The van der Waals surface area contributed by atoms with E-state index in [2.05, 4.69) is 15.5 Å². The van der Waals surface area contributed by atoms with Crippen LogP contribution in [0.5, 0.6) is 0 Å². The molecule has 2 bridgehead atoms. The van der Waals surface area contributed by atoms with Crippen molar-refractivity contribution in [1.82, 2.24) is 25.5 Å². The number of alkyl carbamates (subject to hydrolysis) is 1. The van der Waals surface area contributed by atoms with Crippen molar-refractivity contribution < 1.29 is 24.0 Å². The normalized spacial score (nSPS) is 29.9. The van der Waals surface area contributed by atoms with Crippen LogP contribution in [-0.2, 0) is 4.74 Å². The highest BCUT2D eigenvalue weighted by Crippen LogP contribution is 2.39. The summed E-state index contributed by atoms with van der Waals surface area (Å²) in [5.74, 6) is 1.18. The van der Waals surface area contributed by atoms with Gasteiger partial charge in [-0.25, -0.2) is 14.7 Å². The third-order valence-corrected chi connectivity index (χ3v) is 5.88. The molecule has 2 atom stereocenters. The fraction of sp³-hybridized carbons (Fsp3) is 0.789. The fourth-order valence-corrected chi connectivity index (χ4v) is 4.41. The Bertz CT molecular complexity index is 767. The maximum Gasteiger partial charge on any atom is 0.407 e. The van der Waals surface area contributed by atoms with Gasteiger partial charge in [0.25, 0.3) is 0 Å². The summed E-state index contributed by atoms with van der Waals surface area (Å²) < 4.78 is 11.3. The van der Waals surface area contributed by atoms with Crippen LogP contribution in [0.2, 0.25) is 0 Å². The molecule has 3 amide bonds. The van der Waals surface area contributed by atoms with Crippen LogP contribution < -0.4 is 5.32 Å². The number of nitrogens with one attached hydrogen (secondary N) is 1. The molecule has 2 saturated heterocycles. The maximum absolute atomic E-state index is 12.2. The first-order chi connectivity index (χ1) is 13.7. The highest BCUT2D eigenvalue weighted by Gasteiger charge is 2.46. The van der Waals surface area contributed by atoms with Gasteiger partial charge in [0, 0.05) is 18.5 Å². The zero-order valence-electron chi connectivity index (χ0n) is 17.1. The van der Waals surface area contributed by atoms with Gasteiger partial charge in [-0.05, 0) is 59.3 Å². The van der Waals surface area contributed by atoms with Gasteiger partial charge in [0.15, 0.2) is 0 Å². The van der Waals surface area contributed by atoms with E-state index in [1.165, 1.54) is 0 Å². The van der Waals surface area contributed by atoms with Crippen LogP contribution >= 0.6 is 0 Å². The first kappa shape index (κ1) is 19.9. The van der Waals surface area contributed by atoms with Crippen molar-refractivity contribution in [2.75, 3.05) is 6.54 Å². The second-order valence-electron chi connectivity index (χ2n) is 9.20. The van der Waals surface area contributed by atoms with Gasteiger partial charge in [0.2, 0.25) is 11.8 Å². The summed E-state index contributed by atoms with van der Waals surface area (Å²) in [6.45, 7) is 6.02. The number of nitrogens with zero attached hydrogens (tertiary/aromatic N) is 4. The molecular formula is C19H29N5O5. The van der Waals surface area contributed by atoms with Gasteiger partial charge in [-0.3, -0.25) is 5.21 Å². The summed E-state index contributed by atoms with van der Waals surface area (Å²) in [7, 11) is 0. The second kappa shape index (κ2) is 7.47. The number of carbonyl (C=O) groups excluding carboxylic acids is 2. The number of piperidine rings is 1. The molecule has 3 aliphatic rings. The van der Waals surface area contributed by atoms with E-state index in [4.69, 9.17) is 9.15 Å². The average Bonchev–Trinajstić information content (AvgIpc) is 3.22. The lowest BCUT2D eigenvalue weighted by molar-refractivity contribution is -0.0584. The Morgan fingerprint density at radius 1 is 1.14 bits per heavy atom. The summed E-state index contributed by atoms with van der Waals surface area (Å²) in [6, 6.07) is -0.737. The maximum atomic E-state index is 12.2. The minimum absolute atomic E-state index is 0.0801. The summed E-state index contributed by atoms with van der Waals surface area (Å²) >= 11 is 0. The Morgan fingerprint density at radius 3 is 2.52 bits per heavy atom. The van der Waals surface area contributed by atoms with Crippen molar-refractivity contribution in [1.29, 1.82) is 0 Å². The van der Waals surface area contributed by atoms with Gasteiger partial charge in [-0.2, -0.15) is 0 Å². The summed E-state index contributed by atoms with van der Waals surface area (Å²) in [5.41, 5.74) is -0.510. The van der Waals surface area contributed by atoms with Crippen LogP contribution in [0.1, 0.15) is 83.0 Å². The predicted octanol–water partition coefficient (Wildman–Crippen LogP) is 2.95. The number of ether oxygens (including phenoxy) is 1. The Hall–Kier alpha value is -2.36. The lowest BCUT2D eigenvalue weighted by atomic mass is 9.86. The lowest BCUT2D eigenvalue weighted by Crippen LogP contribution is -2.40. The summed E-state index contributed by atoms with van der Waals surface area (Å²) in [6.07, 6.45) is 4.33. The molecular weight excluding hydrogens is 378 g/mol. The highest BCUT2D eigenvalue weighted by atomic mass is 16.6. The van der Waals surface area contributed by atoms with Gasteiger partial charge >= 0.3 is 12.1 Å². The summed E-state index contributed by atoms with van der Waals surface area (Å²) in [5, 5.41) is 22.0. The molecule has 1 saturated carbocycles. The number of amides is 3. The van der Waals surface area contributed by atoms with Crippen molar-refractivity contribution in [3.63, 3.8) is 0 Å². The Balaban J connectivity index is 1.32. The number of rotatable bonds is 3. The highest BCUT2D eigenvalue weighted by molar-refractivity contribution is 5.76. The minimum Gasteiger partial charge on any atom is -0.444 e. The molecule has 2 aliphatic heterocycles. The molecule has 4 rings (SSSR count). The van der Waals surface area contributed by atoms with Crippen molar-refractivity contribution >= 4 is 12.1 Å². The van der Waals surface area contributed by atoms with Crippen LogP contribution in [-0.4, -0.2) is 61.7 Å². The number of carbonyl (C=O) groups is 2. The standard InChI is InChI=1S/C19H29N5O5/c1-19(2,3)29-17(25)20-12-6-4-11(5-7-12)15-21-22-16(28-15)14-9-8-13-10-23(14)18(26)24(13)27/h11-14,27H,4-10H2,1-3H3,(H,20,25)/t11-,12+,13-,14-/m0/s1. The molecule has 1 aromatic rings. The van der Waals surface area contributed by atoms with Crippen molar-refractivity contribution in [2.45, 2.75) is 88.9 Å². The lowest BCUT2D eigenvalue weighted by Gasteiger charge is -2.29. The molecule has 0 radical (unpaired) electrons. The van der Waals surface area contributed by atoms with Crippen molar-refractivity contribution in [2.24, 2.45) is 0 Å². The van der Waals surface area contributed by atoms with Crippen molar-refractivity contribution in [3.8, 4) is 0 Å². The Labute approximate surface area is 169 Å². The number of urea groups is 1. The van der Waals surface area contributed by atoms with E-state index in [0.29, 0.717) is 31.2 Å². The van der Waals surface area contributed by atoms with Crippen LogP contribution in [0.15, 0.2) is 4.42 Å². The molecule has 3 heterocycles. The molecule has 160 valence electrons. The quantitative estimate of drug-likeness (QED) is 0.739. The molecule has 0 unspecified atom stereocenters. The number of hydrogen-bond donors (Lipinski definition) is 2. The monoisotopic (exact) mass is 407 g/mol. The average molecular weight is 407 g/mol. The molecule has 1 aliphatic carbocycles.